The number of aliphatic hydroxyl groups excluding tert-OH is 11. The molecule has 0 radical (unpaired) electrons. The lowest BCUT2D eigenvalue weighted by Crippen LogP contribution is -2.66. The SMILES string of the molecule is CCCCCCCC/C=C\CCCCCCCCCCCCCCCC(=O)N[C@@H](CO[C@@H]1OC(CO)[C@@H](O[C@@H]2OC(CO)[C@H](O[C@@H]3OC(CO)[C@H](O)[C@H](O)C3O)[C@H](O)C2O)[C@H](O)C1O)[C@H](O)/C=C/CCCCCCCCCCCCC. The molecule has 0 spiro atoms. The van der Waals surface area contributed by atoms with E-state index in [1.807, 2.05) is 6.08 Å². The second-order valence-corrected chi connectivity index (χ2v) is 23.2. The highest BCUT2D eigenvalue weighted by Crippen LogP contribution is 2.33. The molecule has 19 heteroatoms. The van der Waals surface area contributed by atoms with Crippen molar-refractivity contribution in [3.8, 4) is 0 Å². The second kappa shape index (κ2) is 45.6. The summed E-state index contributed by atoms with van der Waals surface area (Å²) in [7, 11) is 0. The molecule has 3 aliphatic rings. The molecule has 1 amide bonds. The maximum atomic E-state index is 13.3. The van der Waals surface area contributed by atoms with E-state index in [9.17, 15) is 61.0 Å². The molecule has 0 bridgehead atoms. The van der Waals surface area contributed by atoms with Crippen molar-refractivity contribution in [2.75, 3.05) is 26.4 Å². The van der Waals surface area contributed by atoms with Crippen molar-refractivity contribution in [1.29, 1.82) is 0 Å². The summed E-state index contributed by atoms with van der Waals surface area (Å²) in [6.07, 6.45) is 21.6. The van der Waals surface area contributed by atoms with Crippen LogP contribution in [0.5, 0.6) is 0 Å². The molecular weight excluding hydrogens is 1050 g/mol. The molecule has 0 aliphatic carbocycles. The Morgan fingerprint density at radius 3 is 1.20 bits per heavy atom. The van der Waals surface area contributed by atoms with Gasteiger partial charge < -0.3 is 89.9 Å². The molecule has 3 heterocycles. The van der Waals surface area contributed by atoms with Crippen molar-refractivity contribution < 1.29 is 89.4 Å². The Hall–Kier alpha value is -1.73. The van der Waals surface area contributed by atoms with E-state index in [-0.39, 0.29) is 18.9 Å². The number of allylic oxidation sites excluding steroid dienone is 3. The fraction of sp³-hybridized carbons (Fsp3) is 0.919. The molecule has 81 heavy (non-hydrogen) atoms. The standard InChI is InChI=1S/C62H115NO18/c1-3-5-7-9-11-13-15-17-18-19-20-21-22-23-24-25-26-28-30-32-34-36-38-40-50(68)63-45(46(67)39-37-35-33-31-29-27-16-14-12-10-8-6-4-2)44-76-60-56(74)53(71)58(48(42-65)78-60)81-62-57(75)54(72)59(49(43-66)79-62)80-61-55(73)52(70)51(69)47(41-64)77-61/h17-18,37,39,45-49,51-62,64-67,69-75H,3-16,19-36,38,40-44H2,1-2H3,(H,63,68)/b18-17-,39-37+/t45-,46+,47?,48?,49?,51-,52-,53+,54+,55?,56?,57?,58+,59-,60+,61-,62-/m0/s1. The van der Waals surface area contributed by atoms with Crippen LogP contribution in [0.1, 0.15) is 232 Å². The van der Waals surface area contributed by atoms with Gasteiger partial charge in [-0.05, 0) is 44.9 Å². The van der Waals surface area contributed by atoms with Gasteiger partial charge >= 0.3 is 0 Å². The fourth-order valence-corrected chi connectivity index (χ4v) is 11.0. The smallest absolute Gasteiger partial charge is 0.220 e. The Morgan fingerprint density at radius 2 is 0.778 bits per heavy atom. The van der Waals surface area contributed by atoms with Gasteiger partial charge in [0.05, 0.1) is 38.6 Å². The van der Waals surface area contributed by atoms with E-state index < -0.39 is 124 Å². The van der Waals surface area contributed by atoms with Crippen molar-refractivity contribution in [1.82, 2.24) is 5.32 Å². The Balaban J connectivity index is 1.45. The van der Waals surface area contributed by atoms with Gasteiger partial charge in [0.25, 0.3) is 0 Å². The number of rotatable bonds is 48. The summed E-state index contributed by atoms with van der Waals surface area (Å²) in [5.41, 5.74) is 0. The first-order valence-corrected chi connectivity index (χ1v) is 32.1. The van der Waals surface area contributed by atoms with Gasteiger partial charge in [-0.3, -0.25) is 4.79 Å². The van der Waals surface area contributed by atoms with Gasteiger partial charge in [0.1, 0.15) is 73.2 Å². The molecule has 0 saturated carbocycles. The monoisotopic (exact) mass is 1160 g/mol. The molecule has 6 unspecified atom stereocenters. The molecule has 3 fully saturated rings. The normalized spacial score (nSPS) is 29.9. The summed E-state index contributed by atoms with van der Waals surface area (Å²) < 4.78 is 34.3. The van der Waals surface area contributed by atoms with Crippen molar-refractivity contribution in [3.63, 3.8) is 0 Å². The van der Waals surface area contributed by atoms with Gasteiger partial charge in [-0.1, -0.05) is 205 Å². The molecule has 0 aromatic carbocycles. The van der Waals surface area contributed by atoms with Gasteiger partial charge in [0.15, 0.2) is 18.9 Å². The van der Waals surface area contributed by atoms with E-state index in [2.05, 4.69) is 31.3 Å². The maximum Gasteiger partial charge on any atom is 0.220 e. The minimum atomic E-state index is -1.98. The Labute approximate surface area is 486 Å². The van der Waals surface area contributed by atoms with Crippen molar-refractivity contribution in [2.24, 2.45) is 0 Å². The summed E-state index contributed by atoms with van der Waals surface area (Å²) >= 11 is 0. The van der Waals surface area contributed by atoms with Crippen LogP contribution in [0.3, 0.4) is 0 Å². The molecule has 0 aromatic heterocycles. The van der Waals surface area contributed by atoms with Gasteiger partial charge in [-0.2, -0.15) is 0 Å². The van der Waals surface area contributed by atoms with E-state index >= 15 is 0 Å². The third-order valence-electron chi connectivity index (χ3n) is 16.2. The van der Waals surface area contributed by atoms with E-state index in [0.29, 0.717) is 6.42 Å². The van der Waals surface area contributed by atoms with Crippen LogP contribution in [0, 0.1) is 0 Å². The summed E-state index contributed by atoms with van der Waals surface area (Å²) in [6.45, 7) is 1.72. The highest BCUT2D eigenvalue weighted by molar-refractivity contribution is 5.76. The fourth-order valence-electron chi connectivity index (χ4n) is 11.0. The van der Waals surface area contributed by atoms with Gasteiger partial charge in [0, 0.05) is 6.42 Å². The lowest BCUT2D eigenvalue weighted by atomic mass is 9.96. The average molecular weight is 1160 g/mol. The quantitative estimate of drug-likeness (QED) is 0.0222. The molecule has 12 N–H and O–H groups in total. The number of ether oxygens (including phenoxy) is 6. The minimum absolute atomic E-state index is 0.246. The number of unbranched alkanes of at least 4 members (excludes halogenated alkanes) is 30. The van der Waals surface area contributed by atoms with E-state index in [0.717, 1.165) is 44.9 Å². The lowest BCUT2D eigenvalue weighted by Gasteiger charge is -2.48. The Bertz CT molecular complexity index is 1580. The van der Waals surface area contributed by atoms with Crippen LogP contribution in [0.2, 0.25) is 0 Å². The van der Waals surface area contributed by atoms with Crippen LogP contribution in [-0.2, 0) is 33.2 Å². The first kappa shape index (κ1) is 73.5. The molecule has 3 saturated heterocycles. The predicted octanol–water partition coefficient (Wildman–Crippen LogP) is 6.71. The maximum absolute atomic E-state index is 13.3. The third kappa shape index (κ3) is 29.0. The number of carbonyl (C=O) groups excluding carboxylic acids is 1. The van der Waals surface area contributed by atoms with Crippen LogP contribution in [0.25, 0.3) is 0 Å². The zero-order valence-corrected chi connectivity index (χ0v) is 49.8. The van der Waals surface area contributed by atoms with Crippen LogP contribution in [0.15, 0.2) is 24.3 Å². The number of carbonyl (C=O) groups is 1. The molecule has 3 rings (SSSR count). The first-order chi connectivity index (χ1) is 39.3. The highest BCUT2D eigenvalue weighted by atomic mass is 16.8. The Morgan fingerprint density at radius 1 is 0.432 bits per heavy atom. The first-order valence-electron chi connectivity index (χ1n) is 32.1. The number of hydrogen-bond acceptors (Lipinski definition) is 18. The largest absolute Gasteiger partial charge is 0.394 e. The van der Waals surface area contributed by atoms with Crippen LogP contribution in [0.4, 0.5) is 0 Å². The molecule has 19 nitrogen and oxygen atoms in total. The van der Waals surface area contributed by atoms with Gasteiger partial charge in [-0.25, -0.2) is 0 Å². The van der Waals surface area contributed by atoms with Gasteiger partial charge in [0.2, 0.25) is 5.91 Å². The zero-order valence-electron chi connectivity index (χ0n) is 49.8. The van der Waals surface area contributed by atoms with Crippen molar-refractivity contribution in [2.45, 2.75) is 336 Å². The van der Waals surface area contributed by atoms with Gasteiger partial charge in [-0.15, -0.1) is 0 Å². The molecular formula is C62H115NO18. The minimum Gasteiger partial charge on any atom is -0.394 e. The summed E-state index contributed by atoms with van der Waals surface area (Å²) in [6, 6.07) is -0.969. The van der Waals surface area contributed by atoms with Crippen molar-refractivity contribution in [3.05, 3.63) is 24.3 Å². The highest BCUT2D eigenvalue weighted by Gasteiger charge is 2.53. The van der Waals surface area contributed by atoms with E-state index in [1.165, 1.54) is 161 Å². The zero-order chi connectivity index (χ0) is 59.0. The number of hydrogen-bond donors (Lipinski definition) is 12. The number of aliphatic hydroxyl groups is 11. The summed E-state index contributed by atoms with van der Waals surface area (Å²) in [4.78, 5) is 13.3. The number of amides is 1. The molecule has 17 atom stereocenters. The lowest BCUT2D eigenvalue weighted by molar-refractivity contribution is -0.379. The van der Waals surface area contributed by atoms with E-state index in [1.54, 1.807) is 6.08 Å². The van der Waals surface area contributed by atoms with Crippen molar-refractivity contribution >= 4 is 5.91 Å². The molecule has 0 aromatic rings. The summed E-state index contributed by atoms with van der Waals surface area (Å²) in [5.74, 6) is -0.275. The van der Waals surface area contributed by atoms with E-state index in [4.69, 9.17) is 28.4 Å². The van der Waals surface area contributed by atoms with Crippen LogP contribution in [-0.4, -0.2) is 193 Å². The number of nitrogens with one attached hydrogen (secondary N) is 1. The second-order valence-electron chi connectivity index (χ2n) is 23.2. The van der Waals surface area contributed by atoms with Crippen LogP contribution < -0.4 is 5.32 Å². The third-order valence-corrected chi connectivity index (χ3v) is 16.2. The van der Waals surface area contributed by atoms with Crippen LogP contribution >= 0.6 is 0 Å². The Kier molecular flexibility index (Phi) is 41.4. The molecule has 3 aliphatic heterocycles. The average Bonchev–Trinajstić information content (AvgIpc) is 3.57. The summed E-state index contributed by atoms with van der Waals surface area (Å²) in [5, 5.41) is 120. The topological polar surface area (TPSA) is 307 Å². The molecule has 476 valence electrons. The predicted molar refractivity (Wildman–Crippen MR) is 310 cm³/mol.